The molecule has 1 N–H and O–H groups in total. The summed E-state index contributed by atoms with van der Waals surface area (Å²) in [5.41, 5.74) is 3.54. The SMILES string of the molecule is Cc1ccc2nsnc2c1NC(=O)c1ccc(-c2cccc(Cl)c2Cl)o1. The number of hydrogen-bond acceptors (Lipinski definition) is 5. The van der Waals surface area contributed by atoms with Crippen LogP contribution >= 0.6 is 34.9 Å². The van der Waals surface area contributed by atoms with E-state index >= 15 is 0 Å². The fourth-order valence-corrected chi connectivity index (χ4v) is 3.52. The number of carbonyl (C=O) groups is 1. The molecule has 0 radical (unpaired) electrons. The Hall–Kier alpha value is -2.41. The Morgan fingerprint density at radius 1 is 1.12 bits per heavy atom. The standard InChI is InChI=1S/C18H11Cl2N3O2S/c1-9-5-6-12-17(23-26-22-12)16(9)21-18(24)14-8-7-13(25-14)10-3-2-4-11(19)15(10)20/h2-8H,1H3,(H,21,24). The number of halogens is 2. The van der Waals surface area contributed by atoms with Gasteiger partial charge in [-0.25, -0.2) is 0 Å². The van der Waals surface area contributed by atoms with Crippen LogP contribution in [-0.4, -0.2) is 14.7 Å². The first-order valence-electron chi connectivity index (χ1n) is 7.62. The normalized spacial score (nSPS) is 11.0. The third kappa shape index (κ3) is 2.96. The number of hydrogen-bond donors (Lipinski definition) is 1. The predicted molar refractivity (Wildman–Crippen MR) is 104 cm³/mol. The highest BCUT2D eigenvalue weighted by Gasteiger charge is 2.18. The number of nitrogens with zero attached hydrogens (tertiary/aromatic N) is 2. The molecule has 0 atom stereocenters. The molecular weight excluding hydrogens is 393 g/mol. The van der Waals surface area contributed by atoms with Crippen LogP contribution in [0.5, 0.6) is 0 Å². The van der Waals surface area contributed by atoms with Gasteiger partial charge in [-0.15, -0.1) is 0 Å². The minimum absolute atomic E-state index is 0.163. The molecule has 0 aliphatic carbocycles. The molecule has 0 aliphatic rings. The second kappa shape index (κ2) is 6.72. The number of furan rings is 1. The summed E-state index contributed by atoms with van der Waals surface area (Å²) in [7, 11) is 0. The van der Waals surface area contributed by atoms with Crippen LogP contribution in [-0.2, 0) is 0 Å². The van der Waals surface area contributed by atoms with Gasteiger partial charge in [0.1, 0.15) is 16.8 Å². The van der Waals surface area contributed by atoms with Gasteiger partial charge in [-0.05, 0) is 42.8 Å². The average molecular weight is 404 g/mol. The largest absolute Gasteiger partial charge is 0.451 e. The Labute approximate surface area is 162 Å². The maximum Gasteiger partial charge on any atom is 0.291 e. The van der Waals surface area contributed by atoms with Gasteiger partial charge in [-0.2, -0.15) is 8.75 Å². The van der Waals surface area contributed by atoms with E-state index < -0.39 is 0 Å². The van der Waals surface area contributed by atoms with E-state index in [9.17, 15) is 4.79 Å². The first-order valence-corrected chi connectivity index (χ1v) is 9.10. The van der Waals surface area contributed by atoms with Gasteiger partial charge in [0.25, 0.3) is 5.91 Å². The summed E-state index contributed by atoms with van der Waals surface area (Å²) in [6, 6.07) is 12.3. The number of aromatic nitrogens is 2. The lowest BCUT2D eigenvalue weighted by Crippen LogP contribution is -2.12. The van der Waals surface area contributed by atoms with Crippen molar-refractivity contribution < 1.29 is 9.21 Å². The zero-order valence-corrected chi connectivity index (χ0v) is 15.7. The van der Waals surface area contributed by atoms with E-state index in [-0.39, 0.29) is 11.7 Å². The lowest BCUT2D eigenvalue weighted by molar-refractivity contribution is 0.0997. The van der Waals surface area contributed by atoms with Gasteiger partial charge < -0.3 is 9.73 Å². The van der Waals surface area contributed by atoms with Crippen LogP contribution in [0.3, 0.4) is 0 Å². The predicted octanol–water partition coefficient (Wildman–Crippen LogP) is 5.82. The van der Waals surface area contributed by atoms with Gasteiger partial charge in [0.15, 0.2) is 5.76 Å². The molecule has 4 rings (SSSR count). The van der Waals surface area contributed by atoms with Crippen molar-refractivity contribution in [3.63, 3.8) is 0 Å². The summed E-state index contributed by atoms with van der Waals surface area (Å²) in [4.78, 5) is 12.6. The van der Waals surface area contributed by atoms with Crippen LogP contribution in [0.1, 0.15) is 16.1 Å². The summed E-state index contributed by atoms with van der Waals surface area (Å²) < 4.78 is 14.1. The van der Waals surface area contributed by atoms with Gasteiger partial charge >= 0.3 is 0 Å². The van der Waals surface area contributed by atoms with E-state index in [2.05, 4.69) is 14.1 Å². The molecule has 4 aromatic rings. The molecule has 5 nitrogen and oxygen atoms in total. The highest BCUT2D eigenvalue weighted by Crippen LogP contribution is 2.34. The first-order chi connectivity index (χ1) is 12.5. The molecule has 26 heavy (non-hydrogen) atoms. The summed E-state index contributed by atoms with van der Waals surface area (Å²) >= 11 is 13.4. The van der Waals surface area contributed by atoms with Gasteiger partial charge in [-0.3, -0.25) is 4.79 Å². The fourth-order valence-electron chi connectivity index (χ4n) is 2.58. The highest BCUT2D eigenvalue weighted by atomic mass is 35.5. The van der Waals surface area contributed by atoms with Crippen molar-refractivity contribution in [2.45, 2.75) is 6.92 Å². The topological polar surface area (TPSA) is 68.0 Å². The van der Waals surface area contributed by atoms with E-state index in [1.165, 1.54) is 0 Å². The second-order valence-electron chi connectivity index (χ2n) is 5.61. The lowest BCUT2D eigenvalue weighted by Gasteiger charge is -2.07. The van der Waals surface area contributed by atoms with Crippen molar-refractivity contribution in [3.05, 3.63) is 63.8 Å². The number of fused-ring (bicyclic) bond motifs is 1. The van der Waals surface area contributed by atoms with Crippen LogP contribution in [0.4, 0.5) is 5.69 Å². The van der Waals surface area contributed by atoms with Crippen molar-refractivity contribution >= 4 is 57.6 Å². The molecule has 2 aromatic carbocycles. The summed E-state index contributed by atoms with van der Waals surface area (Å²) in [5, 5.41) is 3.66. The van der Waals surface area contributed by atoms with E-state index in [1.807, 2.05) is 19.1 Å². The minimum atomic E-state index is -0.377. The van der Waals surface area contributed by atoms with Crippen molar-refractivity contribution in [1.82, 2.24) is 8.75 Å². The number of benzene rings is 2. The van der Waals surface area contributed by atoms with Crippen molar-refractivity contribution in [3.8, 4) is 11.3 Å². The number of amides is 1. The molecule has 2 aromatic heterocycles. The molecule has 0 aliphatic heterocycles. The summed E-state index contributed by atoms with van der Waals surface area (Å²) in [6.45, 7) is 1.90. The Bertz CT molecular complexity index is 1140. The molecule has 0 saturated heterocycles. The van der Waals surface area contributed by atoms with Gasteiger partial charge in [-0.1, -0.05) is 35.3 Å². The van der Waals surface area contributed by atoms with E-state index in [0.717, 1.165) is 22.8 Å². The Balaban J connectivity index is 1.65. The van der Waals surface area contributed by atoms with Gasteiger partial charge in [0.2, 0.25) is 0 Å². The van der Waals surface area contributed by atoms with E-state index in [1.54, 1.807) is 30.3 Å². The number of rotatable bonds is 3. The van der Waals surface area contributed by atoms with Crippen LogP contribution in [0.2, 0.25) is 10.0 Å². The quantitative estimate of drug-likeness (QED) is 0.467. The van der Waals surface area contributed by atoms with Crippen LogP contribution < -0.4 is 5.32 Å². The smallest absolute Gasteiger partial charge is 0.291 e. The number of carbonyl (C=O) groups excluding carboxylic acids is 1. The Morgan fingerprint density at radius 2 is 1.96 bits per heavy atom. The zero-order valence-electron chi connectivity index (χ0n) is 13.4. The van der Waals surface area contributed by atoms with Gasteiger partial charge in [0.05, 0.1) is 27.5 Å². The minimum Gasteiger partial charge on any atom is -0.451 e. The number of aryl methyl sites for hydroxylation is 1. The van der Waals surface area contributed by atoms with Crippen LogP contribution in [0, 0.1) is 6.92 Å². The maximum atomic E-state index is 12.6. The van der Waals surface area contributed by atoms with E-state index in [0.29, 0.717) is 32.6 Å². The lowest BCUT2D eigenvalue weighted by atomic mass is 10.1. The molecule has 0 bridgehead atoms. The van der Waals surface area contributed by atoms with E-state index in [4.69, 9.17) is 27.6 Å². The molecule has 0 saturated carbocycles. The second-order valence-corrected chi connectivity index (χ2v) is 6.92. The fraction of sp³-hybridized carbons (Fsp3) is 0.0556. The molecule has 0 fully saturated rings. The Morgan fingerprint density at radius 3 is 2.81 bits per heavy atom. The third-order valence-electron chi connectivity index (χ3n) is 3.92. The summed E-state index contributed by atoms with van der Waals surface area (Å²) in [6.07, 6.45) is 0. The number of anilines is 1. The van der Waals surface area contributed by atoms with Crippen molar-refractivity contribution in [2.24, 2.45) is 0 Å². The summed E-state index contributed by atoms with van der Waals surface area (Å²) in [5.74, 6) is 0.251. The monoisotopic (exact) mass is 403 g/mol. The third-order valence-corrected chi connectivity index (χ3v) is 5.28. The molecular formula is C18H11Cl2N3O2S. The highest BCUT2D eigenvalue weighted by molar-refractivity contribution is 7.00. The molecule has 1 amide bonds. The molecule has 130 valence electrons. The molecule has 8 heteroatoms. The molecule has 0 spiro atoms. The van der Waals surface area contributed by atoms with Crippen molar-refractivity contribution in [1.29, 1.82) is 0 Å². The molecule has 0 unspecified atom stereocenters. The number of nitrogens with one attached hydrogen (secondary N) is 1. The first kappa shape index (κ1) is 17.0. The maximum absolute atomic E-state index is 12.6. The average Bonchev–Trinajstić information content (AvgIpc) is 3.29. The molecule has 2 heterocycles. The van der Waals surface area contributed by atoms with Gasteiger partial charge in [0, 0.05) is 5.56 Å². The van der Waals surface area contributed by atoms with Crippen LogP contribution in [0.15, 0.2) is 46.9 Å². The van der Waals surface area contributed by atoms with Crippen LogP contribution in [0.25, 0.3) is 22.4 Å². The Kier molecular flexibility index (Phi) is 4.40. The zero-order chi connectivity index (χ0) is 18.3. The van der Waals surface area contributed by atoms with Crippen molar-refractivity contribution in [2.75, 3.05) is 5.32 Å².